The summed E-state index contributed by atoms with van der Waals surface area (Å²) in [7, 11) is -2.21. The van der Waals surface area contributed by atoms with Crippen molar-refractivity contribution in [3.05, 3.63) is 60.4 Å². The first-order valence-corrected chi connectivity index (χ1v) is 11.4. The van der Waals surface area contributed by atoms with Crippen LogP contribution in [0, 0.1) is 5.92 Å². The van der Waals surface area contributed by atoms with Gasteiger partial charge in [-0.15, -0.1) is 0 Å². The molecule has 1 amide bonds. The minimum Gasteiger partial charge on any atom is -0.495 e. The van der Waals surface area contributed by atoms with E-state index in [-0.39, 0.29) is 16.7 Å². The predicted molar refractivity (Wildman–Crippen MR) is 113 cm³/mol. The first-order valence-electron chi connectivity index (χ1n) is 9.88. The number of likely N-dealkylation sites (tertiary alicyclic amines) is 1. The highest BCUT2D eigenvalue weighted by Crippen LogP contribution is 2.25. The lowest BCUT2D eigenvalue weighted by Gasteiger charge is -2.31. The predicted octanol–water partition coefficient (Wildman–Crippen LogP) is 3.27. The lowest BCUT2D eigenvalue weighted by molar-refractivity contribution is 0.0662. The number of hydrogen-bond donors (Lipinski definition) is 1. The van der Waals surface area contributed by atoms with Crippen LogP contribution in [0.2, 0.25) is 0 Å². The summed E-state index contributed by atoms with van der Waals surface area (Å²) in [5.41, 5.74) is 0.696. The zero-order valence-electron chi connectivity index (χ0n) is 16.7. The molecule has 8 heteroatoms. The molecular weight excluding hydrogens is 404 g/mol. The summed E-state index contributed by atoms with van der Waals surface area (Å²) >= 11 is 0. The fourth-order valence-corrected chi connectivity index (χ4v) is 5.01. The lowest BCUT2D eigenvalue weighted by atomic mass is 9.97. The number of nitrogens with zero attached hydrogens (tertiary/aromatic N) is 1. The van der Waals surface area contributed by atoms with E-state index < -0.39 is 10.0 Å². The standard InChI is InChI=1S/C22H24N2O5S/c1-28-19-8-4-5-9-21(19)30(26,27)23-15-16-10-12-24(13-11-16)22(25)20-14-17-6-2-3-7-18(17)29-20/h2-9,14,16,23H,10-13,15H2,1H3. The molecule has 7 nitrogen and oxygen atoms in total. The Balaban J connectivity index is 1.34. The average Bonchev–Trinajstić information content (AvgIpc) is 3.22. The van der Waals surface area contributed by atoms with Gasteiger partial charge in [0.05, 0.1) is 7.11 Å². The van der Waals surface area contributed by atoms with Crippen molar-refractivity contribution in [2.24, 2.45) is 5.92 Å². The number of fused-ring (bicyclic) bond motifs is 1. The van der Waals surface area contributed by atoms with Gasteiger partial charge in [-0.2, -0.15) is 0 Å². The highest BCUT2D eigenvalue weighted by atomic mass is 32.2. The van der Waals surface area contributed by atoms with Crippen LogP contribution >= 0.6 is 0 Å². The highest BCUT2D eigenvalue weighted by Gasteiger charge is 2.27. The number of amides is 1. The third-order valence-electron chi connectivity index (χ3n) is 5.46. The first-order chi connectivity index (χ1) is 14.5. The summed E-state index contributed by atoms with van der Waals surface area (Å²) < 4.78 is 38.8. The Bertz CT molecular complexity index is 1110. The molecule has 3 aromatic rings. The Morgan fingerprint density at radius 3 is 2.57 bits per heavy atom. The van der Waals surface area contributed by atoms with Crippen LogP contribution in [-0.2, 0) is 10.0 Å². The fraction of sp³-hybridized carbons (Fsp3) is 0.318. The number of piperidine rings is 1. The van der Waals surface area contributed by atoms with Crippen LogP contribution in [0.15, 0.2) is 63.9 Å². The minimum atomic E-state index is -3.66. The van der Waals surface area contributed by atoms with Crippen LogP contribution in [0.3, 0.4) is 0 Å². The molecule has 158 valence electrons. The van der Waals surface area contributed by atoms with E-state index in [1.165, 1.54) is 13.2 Å². The lowest BCUT2D eigenvalue weighted by Crippen LogP contribution is -2.41. The number of benzene rings is 2. The second-order valence-corrected chi connectivity index (χ2v) is 9.12. The van der Waals surface area contributed by atoms with Gasteiger partial charge in [0, 0.05) is 25.0 Å². The molecule has 1 aliphatic heterocycles. The summed E-state index contributed by atoms with van der Waals surface area (Å²) in [4.78, 5) is 14.7. The molecule has 4 rings (SSSR count). The van der Waals surface area contributed by atoms with E-state index in [0.29, 0.717) is 36.7 Å². The molecule has 0 bridgehead atoms. The smallest absolute Gasteiger partial charge is 0.289 e. The molecule has 0 saturated carbocycles. The molecule has 0 aliphatic carbocycles. The summed E-state index contributed by atoms with van der Waals surface area (Å²) in [6.07, 6.45) is 1.45. The molecule has 1 saturated heterocycles. The van der Waals surface area contributed by atoms with Crippen LogP contribution in [0.4, 0.5) is 0 Å². The van der Waals surface area contributed by atoms with Crippen molar-refractivity contribution in [1.29, 1.82) is 0 Å². The van der Waals surface area contributed by atoms with Crippen molar-refractivity contribution in [3.8, 4) is 5.75 Å². The Morgan fingerprint density at radius 1 is 1.13 bits per heavy atom. The van der Waals surface area contributed by atoms with E-state index in [1.54, 1.807) is 29.2 Å². The number of para-hydroxylation sites is 2. The molecule has 1 aliphatic rings. The number of carbonyl (C=O) groups is 1. The SMILES string of the molecule is COc1ccccc1S(=O)(=O)NCC1CCN(C(=O)c2cc3ccccc3o2)CC1. The van der Waals surface area contributed by atoms with Crippen molar-refractivity contribution < 1.29 is 22.4 Å². The number of carbonyl (C=O) groups excluding carboxylic acids is 1. The van der Waals surface area contributed by atoms with E-state index in [2.05, 4.69) is 4.72 Å². The molecule has 2 heterocycles. The number of furan rings is 1. The quantitative estimate of drug-likeness (QED) is 0.651. The summed E-state index contributed by atoms with van der Waals surface area (Å²) in [5, 5.41) is 0.904. The van der Waals surface area contributed by atoms with Gasteiger partial charge >= 0.3 is 0 Å². The Morgan fingerprint density at radius 2 is 1.83 bits per heavy atom. The number of hydrogen-bond acceptors (Lipinski definition) is 5. The van der Waals surface area contributed by atoms with Gasteiger partial charge in [-0.25, -0.2) is 13.1 Å². The summed E-state index contributed by atoms with van der Waals surface area (Å²) in [5.74, 6) is 0.691. The second kappa shape index (κ2) is 8.49. The third-order valence-corrected chi connectivity index (χ3v) is 6.92. The first kappa shape index (κ1) is 20.4. The molecule has 1 N–H and O–H groups in total. The average molecular weight is 429 g/mol. The van der Waals surface area contributed by atoms with Crippen molar-refractivity contribution in [1.82, 2.24) is 9.62 Å². The van der Waals surface area contributed by atoms with Gasteiger partial charge in [-0.05, 0) is 43.0 Å². The van der Waals surface area contributed by atoms with Gasteiger partial charge in [-0.3, -0.25) is 4.79 Å². The van der Waals surface area contributed by atoms with Crippen LogP contribution < -0.4 is 9.46 Å². The van der Waals surface area contributed by atoms with Gasteiger partial charge in [0.2, 0.25) is 10.0 Å². The van der Waals surface area contributed by atoms with Gasteiger partial charge in [-0.1, -0.05) is 30.3 Å². The number of sulfonamides is 1. The van der Waals surface area contributed by atoms with Crippen molar-refractivity contribution in [2.75, 3.05) is 26.7 Å². The van der Waals surface area contributed by atoms with Gasteiger partial charge in [0.25, 0.3) is 5.91 Å². The zero-order chi connectivity index (χ0) is 21.1. The van der Waals surface area contributed by atoms with E-state index in [0.717, 1.165) is 18.2 Å². The molecule has 2 aromatic carbocycles. The Hall–Kier alpha value is -2.84. The monoisotopic (exact) mass is 428 g/mol. The van der Waals surface area contributed by atoms with Crippen LogP contribution in [-0.4, -0.2) is 46.0 Å². The molecule has 0 spiro atoms. The molecule has 30 heavy (non-hydrogen) atoms. The topological polar surface area (TPSA) is 88.9 Å². The Kier molecular flexibility index (Phi) is 5.78. The van der Waals surface area contributed by atoms with Crippen molar-refractivity contribution >= 4 is 26.9 Å². The Labute approximate surface area is 175 Å². The maximum atomic E-state index is 12.8. The minimum absolute atomic E-state index is 0.126. The van der Waals surface area contributed by atoms with Crippen molar-refractivity contribution in [3.63, 3.8) is 0 Å². The number of ether oxygens (including phenoxy) is 1. The van der Waals surface area contributed by atoms with Gasteiger partial charge < -0.3 is 14.1 Å². The van der Waals surface area contributed by atoms with Crippen LogP contribution in [0.5, 0.6) is 5.75 Å². The zero-order valence-corrected chi connectivity index (χ0v) is 17.5. The number of methoxy groups -OCH3 is 1. The maximum absolute atomic E-state index is 12.8. The third kappa shape index (κ3) is 4.20. The largest absolute Gasteiger partial charge is 0.495 e. The second-order valence-electron chi connectivity index (χ2n) is 7.39. The summed E-state index contributed by atoms with van der Waals surface area (Å²) in [6.45, 7) is 1.46. The molecular formula is C22H24N2O5S. The van der Waals surface area contributed by atoms with E-state index in [9.17, 15) is 13.2 Å². The molecule has 0 atom stereocenters. The normalized spacial score (nSPS) is 15.4. The van der Waals surface area contributed by atoms with Crippen LogP contribution in [0.1, 0.15) is 23.4 Å². The van der Waals surface area contributed by atoms with Crippen LogP contribution in [0.25, 0.3) is 11.0 Å². The molecule has 0 radical (unpaired) electrons. The maximum Gasteiger partial charge on any atom is 0.289 e. The number of rotatable bonds is 6. The summed E-state index contributed by atoms with van der Waals surface area (Å²) in [6, 6.07) is 15.8. The van der Waals surface area contributed by atoms with E-state index in [1.807, 2.05) is 24.3 Å². The molecule has 1 aromatic heterocycles. The van der Waals surface area contributed by atoms with Crippen molar-refractivity contribution in [2.45, 2.75) is 17.7 Å². The van der Waals surface area contributed by atoms with E-state index >= 15 is 0 Å². The van der Waals surface area contributed by atoms with Gasteiger partial charge in [0.1, 0.15) is 16.2 Å². The highest BCUT2D eigenvalue weighted by molar-refractivity contribution is 7.89. The van der Waals surface area contributed by atoms with Gasteiger partial charge in [0.15, 0.2) is 5.76 Å². The fourth-order valence-electron chi connectivity index (χ4n) is 3.73. The molecule has 1 fully saturated rings. The van der Waals surface area contributed by atoms with E-state index in [4.69, 9.17) is 9.15 Å². The number of nitrogens with one attached hydrogen (secondary N) is 1. The molecule has 0 unspecified atom stereocenters.